The molecule has 0 bridgehead atoms. The fourth-order valence-corrected chi connectivity index (χ4v) is 3.07. The van der Waals surface area contributed by atoms with Crippen LogP contribution in [0, 0.1) is 5.92 Å². The van der Waals surface area contributed by atoms with Crippen LogP contribution >= 0.6 is 0 Å². The summed E-state index contributed by atoms with van der Waals surface area (Å²) in [7, 11) is 0. The number of imide groups is 1. The Labute approximate surface area is 103 Å². The number of hydrogen-bond donors (Lipinski definition) is 2. The molecule has 2 aliphatic rings. The minimum absolute atomic E-state index is 0.147. The summed E-state index contributed by atoms with van der Waals surface area (Å²) in [5.74, 6) is 0.382. The molecule has 2 amide bonds. The Morgan fingerprint density at radius 2 is 2.00 bits per heavy atom. The van der Waals surface area contributed by atoms with Gasteiger partial charge in [-0.3, -0.25) is 14.9 Å². The highest BCUT2D eigenvalue weighted by Crippen LogP contribution is 2.28. The molecule has 0 aromatic carbocycles. The van der Waals surface area contributed by atoms with E-state index in [4.69, 9.17) is 0 Å². The summed E-state index contributed by atoms with van der Waals surface area (Å²) in [5, 5.41) is 5.74. The lowest BCUT2D eigenvalue weighted by Gasteiger charge is -2.31. The maximum Gasteiger partial charge on any atom is 0.244 e. The van der Waals surface area contributed by atoms with Crippen molar-refractivity contribution in [2.24, 2.45) is 5.92 Å². The highest BCUT2D eigenvalue weighted by atomic mass is 16.2. The van der Waals surface area contributed by atoms with Crippen molar-refractivity contribution in [3.63, 3.8) is 0 Å². The van der Waals surface area contributed by atoms with E-state index in [-0.39, 0.29) is 17.9 Å². The van der Waals surface area contributed by atoms with Crippen LogP contribution in [-0.4, -0.2) is 23.9 Å². The smallest absolute Gasteiger partial charge is 0.244 e. The Hall–Kier alpha value is -0.900. The van der Waals surface area contributed by atoms with Crippen molar-refractivity contribution < 1.29 is 9.59 Å². The highest BCUT2D eigenvalue weighted by Gasteiger charge is 2.33. The molecular formula is C13H22N2O2. The van der Waals surface area contributed by atoms with Gasteiger partial charge in [0.25, 0.3) is 0 Å². The first-order chi connectivity index (χ1) is 8.20. The molecule has 1 saturated carbocycles. The summed E-state index contributed by atoms with van der Waals surface area (Å²) in [6.45, 7) is 2.15. The van der Waals surface area contributed by atoms with E-state index in [2.05, 4.69) is 17.6 Å². The van der Waals surface area contributed by atoms with Gasteiger partial charge in [0, 0.05) is 6.04 Å². The van der Waals surface area contributed by atoms with Gasteiger partial charge in [-0.2, -0.15) is 0 Å². The maximum absolute atomic E-state index is 11.5. The number of nitrogens with one attached hydrogen (secondary N) is 2. The second-order valence-electron chi connectivity index (χ2n) is 5.25. The van der Waals surface area contributed by atoms with Gasteiger partial charge in [0.2, 0.25) is 11.8 Å². The molecule has 96 valence electrons. The summed E-state index contributed by atoms with van der Waals surface area (Å²) < 4.78 is 0. The third-order valence-corrected chi connectivity index (χ3v) is 4.04. The zero-order valence-electron chi connectivity index (χ0n) is 10.5. The monoisotopic (exact) mass is 238 g/mol. The van der Waals surface area contributed by atoms with Crippen molar-refractivity contribution in [1.82, 2.24) is 10.6 Å². The molecule has 4 nitrogen and oxygen atoms in total. The lowest BCUT2D eigenvalue weighted by Crippen LogP contribution is -2.46. The van der Waals surface area contributed by atoms with Gasteiger partial charge < -0.3 is 5.32 Å². The Balaban J connectivity index is 1.90. The average Bonchev–Trinajstić information content (AvgIpc) is 2.66. The first kappa shape index (κ1) is 12.6. The zero-order valence-corrected chi connectivity index (χ0v) is 10.5. The van der Waals surface area contributed by atoms with Crippen molar-refractivity contribution >= 4 is 11.8 Å². The molecule has 2 unspecified atom stereocenters. The quantitative estimate of drug-likeness (QED) is 0.727. The van der Waals surface area contributed by atoms with E-state index in [0.717, 1.165) is 6.42 Å². The highest BCUT2D eigenvalue weighted by molar-refractivity contribution is 6.05. The fourth-order valence-electron chi connectivity index (χ4n) is 3.07. The molecule has 0 spiro atoms. The SMILES string of the molecule is CCC(NC1CC(=O)NC1=O)C1CCCCC1. The minimum atomic E-state index is -0.297. The van der Waals surface area contributed by atoms with Gasteiger partial charge in [0.1, 0.15) is 0 Å². The first-order valence-corrected chi connectivity index (χ1v) is 6.80. The Morgan fingerprint density at radius 3 is 2.53 bits per heavy atom. The first-order valence-electron chi connectivity index (χ1n) is 6.80. The van der Waals surface area contributed by atoms with Gasteiger partial charge in [-0.25, -0.2) is 0 Å². The lowest BCUT2D eigenvalue weighted by molar-refractivity contribution is -0.125. The zero-order chi connectivity index (χ0) is 12.3. The predicted octanol–water partition coefficient (Wildman–Crippen LogP) is 1.35. The summed E-state index contributed by atoms with van der Waals surface area (Å²) >= 11 is 0. The van der Waals surface area contributed by atoms with E-state index in [1.165, 1.54) is 32.1 Å². The summed E-state index contributed by atoms with van der Waals surface area (Å²) in [4.78, 5) is 22.7. The molecular weight excluding hydrogens is 216 g/mol. The Kier molecular flexibility index (Phi) is 4.15. The molecule has 2 fully saturated rings. The number of amides is 2. The van der Waals surface area contributed by atoms with E-state index in [0.29, 0.717) is 18.4 Å². The summed E-state index contributed by atoms with van der Waals surface area (Å²) in [6.07, 6.45) is 7.80. The van der Waals surface area contributed by atoms with Crippen molar-refractivity contribution in [1.29, 1.82) is 0 Å². The fraction of sp³-hybridized carbons (Fsp3) is 0.846. The molecule has 1 saturated heterocycles. The van der Waals surface area contributed by atoms with Crippen molar-refractivity contribution in [2.45, 2.75) is 64.0 Å². The topological polar surface area (TPSA) is 58.2 Å². The van der Waals surface area contributed by atoms with E-state index in [1.807, 2.05) is 0 Å². The number of hydrogen-bond acceptors (Lipinski definition) is 3. The molecule has 4 heteroatoms. The number of carbonyl (C=O) groups excluding carboxylic acids is 2. The molecule has 1 aliphatic carbocycles. The van der Waals surface area contributed by atoms with Crippen LogP contribution in [0.25, 0.3) is 0 Å². The van der Waals surface area contributed by atoms with Crippen molar-refractivity contribution in [3.8, 4) is 0 Å². The van der Waals surface area contributed by atoms with Crippen LogP contribution in [-0.2, 0) is 9.59 Å². The van der Waals surface area contributed by atoms with E-state index in [9.17, 15) is 9.59 Å². The van der Waals surface area contributed by atoms with Gasteiger partial charge in [-0.05, 0) is 25.2 Å². The van der Waals surface area contributed by atoms with E-state index >= 15 is 0 Å². The predicted molar refractivity (Wildman–Crippen MR) is 65.3 cm³/mol. The van der Waals surface area contributed by atoms with Gasteiger partial charge in [0.15, 0.2) is 0 Å². The number of rotatable bonds is 4. The number of carbonyl (C=O) groups is 2. The van der Waals surface area contributed by atoms with E-state index < -0.39 is 0 Å². The molecule has 2 rings (SSSR count). The molecule has 0 aromatic rings. The standard InChI is InChI=1S/C13H22N2O2/c1-2-10(9-6-4-3-5-7-9)14-11-8-12(16)15-13(11)17/h9-11,14H,2-8H2,1H3,(H,15,16,17). The minimum Gasteiger partial charge on any atom is -0.302 e. The molecule has 0 aromatic heterocycles. The molecule has 2 atom stereocenters. The molecule has 17 heavy (non-hydrogen) atoms. The van der Waals surface area contributed by atoms with Crippen molar-refractivity contribution in [3.05, 3.63) is 0 Å². The van der Waals surface area contributed by atoms with Crippen molar-refractivity contribution in [2.75, 3.05) is 0 Å². The van der Waals surface area contributed by atoms with E-state index in [1.54, 1.807) is 0 Å². The van der Waals surface area contributed by atoms with Gasteiger partial charge in [-0.15, -0.1) is 0 Å². The summed E-state index contributed by atoms with van der Waals surface area (Å²) in [6, 6.07) is 0.0892. The van der Waals surface area contributed by atoms with Crippen LogP contribution < -0.4 is 10.6 Å². The average molecular weight is 238 g/mol. The third-order valence-electron chi connectivity index (χ3n) is 4.04. The molecule has 1 aliphatic heterocycles. The molecule has 2 N–H and O–H groups in total. The van der Waals surface area contributed by atoms with Gasteiger partial charge in [0.05, 0.1) is 12.5 Å². The van der Waals surface area contributed by atoms with Gasteiger partial charge in [-0.1, -0.05) is 26.2 Å². The largest absolute Gasteiger partial charge is 0.302 e. The Morgan fingerprint density at radius 1 is 1.29 bits per heavy atom. The molecule has 0 radical (unpaired) electrons. The second-order valence-corrected chi connectivity index (χ2v) is 5.25. The summed E-state index contributed by atoms with van der Waals surface area (Å²) in [5.41, 5.74) is 0. The normalized spacial score (nSPS) is 28.2. The van der Waals surface area contributed by atoms with Gasteiger partial charge >= 0.3 is 0 Å². The van der Waals surface area contributed by atoms with Crippen LogP contribution in [0.2, 0.25) is 0 Å². The molecule has 1 heterocycles. The lowest BCUT2D eigenvalue weighted by atomic mass is 9.82. The Bertz CT molecular complexity index is 298. The second kappa shape index (κ2) is 5.63. The van der Waals surface area contributed by atoms with Crippen LogP contribution in [0.15, 0.2) is 0 Å². The maximum atomic E-state index is 11.5. The third kappa shape index (κ3) is 3.06. The van der Waals surface area contributed by atoms with Crippen LogP contribution in [0.3, 0.4) is 0 Å². The van der Waals surface area contributed by atoms with Crippen LogP contribution in [0.5, 0.6) is 0 Å². The van der Waals surface area contributed by atoms with Crippen LogP contribution in [0.1, 0.15) is 51.9 Å². The van der Waals surface area contributed by atoms with Crippen LogP contribution in [0.4, 0.5) is 0 Å².